The molecule has 2 aliphatic rings. The van der Waals surface area contributed by atoms with Crippen molar-refractivity contribution in [2.75, 3.05) is 4.81 Å². The molecular formula is C20H26BClN3O-. The van der Waals surface area contributed by atoms with Gasteiger partial charge in [0, 0.05) is 11.9 Å². The van der Waals surface area contributed by atoms with Gasteiger partial charge in [-0.2, -0.15) is 0 Å². The van der Waals surface area contributed by atoms with E-state index in [0.29, 0.717) is 10.9 Å². The van der Waals surface area contributed by atoms with E-state index in [0.717, 1.165) is 44.0 Å². The number of halogens is 1. The van der Waals surface area contributed by atoms with Gasteiger partial charge in [-0.25, -0.2) is 0 Å². The van der Waals surface area contributed by atoms with Crippen LogP contribution in [0.5, 0.6) is 0 Å². The quantitative estimate of drug-likeness (QED) is 0.540. The van der Waals surface area contributed by atoms with Crippen LogP contribution in [0.2, 0.25) is 12.6 Å². The fourth-order valence-electron chi connectivity index (χ4n) is 3.92. The first-order chi connectivity index (χ1) is 12.6. The number of hydrogen-bond acceptors (Lipinski definition) is 2. The number of para-hydroxylation sites is 1. The molecule has 4 nitrogen and oxygen atoms in total. The Morgan fingerprint density at radius 2 is 1.69 bits per heavy atom. The third-order valence-electron chi connectivity index (χ3n) is 5.23. The number of anilines is 1. The molecule has 0 unspecified atom stereocenters. The molecule has 0 spiro atoms. The summed E-state index contributed by atoms with van der Waals surface area (Å²) in [6, 6.07) is 9.86. The minimum absolute atomic E-state index is 0.0593. The highest BCUT2D eigenvalue weighted by atomic mass is 35.5. The molecule has 2 heterocycles. The van der Waals surface area contributed by atoms with E-state index in [4.69, 9.17) is 16.5 Å². The number of carbonyl (C=O) groups excluding carboxylic acids is 1. The first-order valence-electron chi connectivity index (χ1n) is 9.63. The van der Waals surface area contributed by atoms with E-state index in [9.17, 15) is 4.79 Å². The molecule has 0 radical (unpaired) electrons. The summed E-state index contributed by atoms with van der Waals surface area (Å²) in [5.74, 6) is 0.707. The number of unbranched alkanes of at least 4 members (excludes halogenated alkanes) is 2. The molecule has 0 aromatic heterocycles. The highest BCUT2D eigenvalue weighted by Gasteiger charge is 2.41. The van der Waals surface area contributed by atoms with Crippen molar-refractivity contribution in [3.05, 3.63) is 53.7 Å². The number of allylic oxidation sites excluding steroid dienone is 2. The second-order valence-electron chi connectivity index (χ2n) is 7.11. The van der Waals surface area contributed by atoms with Crippen molar-refractivity contribution in [1.29, 1.82) is 0 Å². The molecule has 0 aliphatic carbocycles. The summed E-state index contributed by atoms with van der Waals surface area (Å²) in [6.07, 6.45) is 10.1. The second-order valence-corrected chi connectivity index (χ2v) is 7.55. The standard InChI is InChI=1S/C20H26BClN3O/c1-3-5-14-21(15-6-4-2)23-19-13-12-17(22)16-24(19)20(26)25(21)18-10-8-7-9-11-18/h7-13,16H,3-6,14-15H2,1-2H3/q-1. The van der Waals surface area contributed by atoms with Crippen LogP contribution in [0.3, 0.4) is 0 Å². The van der Waals surface area contributed by atoms with Crippen LogP contribution in [-0.4, -0.2) is 23.2 Å². The van der Waals surface area contributed by atoms with Crippen LogP contribution in [0.1, 0.15) is 39.5 Å². The lowest BCUT2D eigenvalue weighted by Gasteiger charge is -2.54. The fraction of sp³-hybridized carbons (Fsp3) is 0.400. The maximum atomic E-state index is 13.5. The van der Waals surface area contributed by atoms with Crippen LogP contribution in [0, 0.1) is 0 Å². The summed E-state index contributed by atoms with van der Waals surface area (Å²) < 4.78 is 0. The van der Waals surface area contributed by atoms with Gasteiger partial charge in [0.05, 0.1) is 10.9 Å². The number of nitrogens with zero attached hydrogens (tertiary/aromatic N) is 3. The van der Waals surface area contributed by atoms with Gasteiger partial charge in [-0.1, -0.05) is 69.3 Å². The van der Waals surface area contributed by atoms with Crippen LogP contribution in [0.15, 0.2) is 58.6 Å². The molecule has 0 saturated heterocycles. The SMILES string of the molecule is CCCC[B-]1(CCCC)N=C2C=CC(Cl)=CN2C(=O)N1c1ccccc1. The summed E-state index contributed by atoms with van der Waals surface area (Å²) in [5.41, 5.74) is 0.909. The summed E-state index contributed by atoms with van der Waals surface area (Å²) in [5, 5.41) is 0.535. The first kappa shape index (κ1) is 18.8. The Hall–Kier alpha value is -2.01. The maximum Gasteiger partial charge on any atom is 0.295 e. The topological polar surface area (TPSA) is 35.9 Å². The molecule has 0 saturated carbocycles. The van der Waals surface area contributed by atoms with E-state index in [1.54, 1.807) is 11.1 Å². The monoisotopic (exact) mass is 370 g/mol. The Morgan fingerprint density at radius 1 is 1.04 bits per heavy atom. The van der Waals surface area contributed by atoms with Gasteiger partial charge < -0.3 is 9.71 Å². The normalized spacial score (nSPS) is 18.5. The molecule has 0 fully saturated rings. The van der Waals surface area contributed by atoms with Crippen molar-refractivity contribution in [1.82, 2.24) is 4.90 Å². The zero-order chi connectivity index (χ0) is 18.6. The van der Waals surface area contributed by atoms with E-state index in [2.05, 4.69) is 13.8 Å². The Kier molecular flexibility index (Phi) is 5.87. The third kappa shape index (κ3) is 3.59. The molecule has 26 heavy (non-hydrogen) atoms. The minimum atomic E-state index is -1.37. The van der Waals surface area contributed by atoms with Crippen LogP contribution >= 0.6 is 11.6 Å². The van der Waals surface area contributed by atoms with Crippen molar-refractivity contribution in [3.63, 3.8) is 0 Å². The van der Waals surface area contributed by atoms with Crippen molar-refractivity contribution in [2.45, 2.75) is 52.2 Å². The lowest BCUT2D eigenvalue weighted by atomic mass is 9.39. The van der Waals surface area contributed by atoms with Gasteiger partial charge in [-0.15, -0.1) is 12.6 Å². The predicted octanol–water partition coefficient (Wildman–Crippen LogP) is 6.02. The van der Waals surface area contributed by atoms with Crippen molar-refractivity contribution >= 4 is 35.6 Å². The van der Waals surface area contributed by atoms with Crippen molar-refractivity contribution < 1.29 is 4.79 Å². The Morgan fingerprint density at radius 3 is 2.31 bits per heavy atom. The number of fused-ring (bicyclic) bond motifs is 1. The van der Waals surface area contributed by atoms with Gasteiger partial charge in [0.15, 0.2) is 0 Å². The third-order valence-corrected chi connectivity index (χ3v) is 5.45. The van der Waals surface area contributed by atoms with Gasteiger partial charge in [-0.05, 0) is 24.3 Å². The van der Waals surface area contributed by atoms with Gasteiger partial charge in [0.2, 0.25) is 6.42 Å². The summed E-state index contributed by atoms with van der Waals surface area (Å²) in [7, 11) is 0. The highest BCUT2D eigenvalue weighted by molar-refractivity contribution is 6.86. The van der Waals surface area contributed by atoms with Gasteiger partial charge in [0.25, 0.3) is 6.03 Å². The number of amidine groups is 1. The number of benzene rings is 1. The Bertz CT molecular complexity index is 737. The molecule has 0 bridgehead atoms. The van der Waals surface area contributed by atoms with Crippen LogP contribution in [0.25, 0.3) is 0 Å². The number of urea groups is 1. The van der Waals surface area contributed by atoms with Gasteiger partial charge >= 0.3 is 0 Å². The molecule has 1 aromatic rings. The van der Waals surface area contributed by atoms with E-state index < -0.39 is 6.42 Å². The fourth-order valence-corrected chi connectivity index (χ4v) is 4.08. The zero-order valence-electron chi connectivity index (χ0n) is 15.6. The molecule has 138 valence electrons. The number of hydrogen-bond donors (Lipinski definition) is 0. The van der Waals surface area contributed by atoms with Crippen molar-refractivity contribution in [3.8, 4) is 0 Å². The molecule has 1 aromatic carbocycles. The molecule has 2 aliphatic heterocycles. The summed E-state index contributed by atoms with van der Waals surface area (Å²) in [4.78, 5) is 22.2. The molecule has 6 heteroatoms. The van der Waals surface area contributed by atoms with E-state index in [1.165, 1.54) is 0 Å². The number of amides is 2. The van der Waals surface area contributed by atoms with E-state index in [1.807, 2.05) is 47.3 Å². The molecule has 0 atom stereocenters. The van der Waals surface area contributed by atoms with Crippen LogP contribution in [0.4, 0.5) is 10.5 Å². The van der Waals surface area contributed by atoms with E-state index >= 15 is 0 Å². The summed E-state index contributed by atoms with van der Waals surface area (Å²) in [6.45, 7) is 4.37. The van der Waals surface area contributed by atoms with Crippen molar-refractivity contribution in [2.24, 2.45) is 4.90 Å². The predicted molar refractivity (Wildman–Crippen MR) is 112 cm³/mol. The van der Waals surface area contributed by atoms with Crippen LogP contribution in [-0.2, 0) is 0 Å². The zero-order valence-corrected chi connectivity index (χ0v) is 16.3. The van der Waals surface area contributed by atoms with E-state index in [-0.39, 0.29) is 6.03 Å². The second kappa shape index (κ2) is 8.13. The average Bonchev–Trinajstić information content (AvgIpc) is 2.66. The smallest absolute Gasteiger partial charge is 0.295 e. The lowest BCUT2D eigenvalue weighted by Crippen LogP contribution is -2.64. The highest BCUT2D eigenvalue weighted by Crippen LogP contribution is 2.37. The maximum absolute atomic E-state index is 13.5. The average molecular weight is 371 g/mol. The Labute approximate surface area is 161 Å². The van der Waals surface area contributed by atoms with Gasteiger partial charge in [-0.3, -0.25) is 9.69 Å². The number of rotatable bonds is 7. The van der Waals surface area contributed by atoms with Gasteiger partial charge in [0.1, 0.15) is 0 Å². The summed E-state index contributed by atoms with van der Waals surface area (Å²) >= 11 is 6.15. The molecule has 2 amide bonds. The minimum Gasteiger partial charge on any atom is -0.460 e. The molecular weight excluding hydrogens is 345 g/mol. The Balaban J connectivity index is 2.13. The van der Waals surface area contributed by atoms with Crippen LogP contribution < -0.4 is 4.81 Å². The molecule has 0 N–H and O–H groups in total. The lowest BCUT2D eigenvalue weighted by molar-refractivity contribution is 0.238. The number of carbonyl (C=O) groups is 1. The first-order valence-corrected chi connectivity index (χ1v) is 10.0. The molecule has 3 rings (SSSR count). The largest absolute Gasteiger partial charge is 0.460 e.